The summed E-state index contributed by atoms with van der Waals surface area (Å²) in [4.78, 5) is 2.32. The standard InChI is InChI=1S/C18H26N4OS/c1-18(2,3)15-7-5-14(6-8-15)16-19-22(17(24)20(16)4)13-21-9-11-23-12-10-21/h5-8H,9-13H2,1-4H3. The topological polar surface area (TPSA) is 35.2 Å². The lowest BCUT2D eigenvalue weighted by Crippen LogP contribution is -2.37. The zero-order chi connectivity index (χ0) is 17.3. The Morgan fingerprint density at radius 3 is 2.33 bits per heavy atom. The van der Waals surface area contributed by atoms with E-state index in [0.29, 0.717) is 0 Å². The first-order valence-corrected chi connectivity index (χ1v) is 8.82. The van der Waals surface area contributed by atoms with Gasteiger partial charge in [0.05, 0.1) is 19.9 Å². The van der Waals surface area contributed by atoms with E-state index in [-0.39, 0.29) is 5.41 Å². The van der Waals surface area contributed by atoms with Crippen LogP contribution in [0.1, 0.15) is 26.3 Å². The van der Waals surface area contributed by atoms with Gasteiger partial charge < -0.3 is 9.30 Å². The van der Waals surface area contributed by atoms with E-state index in [1.54, 1.807) is 0 Å². The van der Waals surface area contributed by atoms with Crippen LogP contribution < -0.4 is 0 Å². The van der Waals surface area contributed by atoms with Gasteiger partial charge in [0.1, 0.15) is 0 Å². The van der Waals surface area contributed by atoms with Gasteiger partial charge in [-0.15, -0.1) is 0 Å². The summed E-state index contributed by atoms with van der Waals surface area (Å²) in [6, 6.07) is 8.63. The molecule has 1 aromatic carbocycles. The normalized spacial score (nSPS) is 16.5. The fourth-order valence-corrected chi connectivity index (χ4v) is 3.07. The molecule has 0 bridgehead atoms. The van der Waals surface area contributed by atoms with Crippen LogP contribution in [0.4, 0.5) is 0 Å². The van der Waals surface area contributed by atoms with Crippen LogP contribution in [0, 0.1) is 4.77 Å². The van der Waals surface area contributed by atoms with Gasteiger partial charge in [-0.2, -0.15) is 5.10 Å². The molecule has 5 nitrogen and oxygen atoms in total. The lowest BCUT2D eigenvalue weighted by Gasteiger charge is -2.26. The minimum Gasteiger partial charge on any atom is -0.379 e. The molecule has 0 spiro atoms. The van der Waals surface area contributed by atoms with Crippen molar-refractivity contribution in [3.05, 3.63) is 34.6 Å². The highest BCUT2D eigenvalue weighted by Crippen LogP contribution is 2.25. The van der Waals surface area contributed by atoms with Crippen molar-refractivity contribution < 1.29 is 4.74 Å². The third-order valence-corrected chi connectivity index (χ3v) is 4.97. The summed E-state index contributed by atoms with van der Waals surface area (Å²) in [6.45, 7) is 10.8. The number of rotatable bonds is 3. The Morgan fingerprint density at radius 1 is 1.12 bits per heavy atom. The van der Waals surface area contributed by atoms with Gasteiger partial charge in [-0.3, -0.25) is 4.90 Å². The zero-order valence-electron chi connectivity index (χ0n) is 15.0. The van der Waals surface area contributed by atoms with Crippen molar-refractivity contribution in [1.82, 2.24) is 19.2 Å². The molecule has 130 valence electrons. The predicted octanol–water partition coefficient (Wildman–Crippen LogP) is 3.21. The monoisotopic (exact) mass is 346 g/mol. The number of nitrogens with zero attached hydrogens (tertiary/aromatic N) is 4. The largest absolute Gasteiger partial charge is 0.379 e. The highest BCUT2D eigenvalue weighted by molar-refractivity contribution is 7.71. The second-order valence-electron chi connectivity index (χ2n) is 7.36. The molecule has 2 aromatic rings. The number of aromatic nitrogens is 3. The third-order valence-electron chi connectivity index (χ3n) is 4.49. The van der Waals surface area contributed by atoms with E-state index >= 15 is 0 Å². The first-order chi connectivity index (χ1) is 11.4. The van der Waals surface area contributed by atoms with E-state index in [1.165, 1.54) is 5.56 Å². The van der Waals surface area contributed by atoms with Crippen molar-refractivity contribution >= 4 is 12.2 Å². The molecule has 0 aliphatic carbocycles. The molecule has 1 aromatic heterocycles. The van der Waals surface area contributed by atoms with Crippen LogP contribution in [0.15, 0.2) is 24.3 Å². The molecule has 1 aliphatic heterocycles. The fraction of sp³-hybridized carbons (Fsp3) is 0.556. The number of ether oxygens (including phenoxy) is 1. The maximum Gasteiger partial charge on any atom is 0.199 e. The second-order valence-corrected chi connectivity index (χ2v) is 7.73. The van der Waals surface area contributed by atoms with Gasteiger partial charge >= 0.3 is 0 Å². The van der Waals surface area contributed by atoms with Gasteiger partial charge in [0, 0.05) is 25.7 Å². The Bertz CT molecular complexity index is 749. The van der Waals surface area contributed by atoms with Gasteiger partial charge in [-0.05, 0) is 23.2 Å². The van der Waals surface area contributed by atoms with Gasteiger partial charge in [-0.1, -0.05) is 45.0 Å². The molecule has 2 heterocycles. The molecule has 1 saturated heterocycles. The molecule has 0 saturated carbocycles. The van der Waals surface area contributed by atoms with Crippen molar-refractivity contribution in [2.24, 2.45) is 7.05 Å². The zero-order valence-corrected chi connectivity index (χ0v) is 15.8. The molecule has 1 aliphatic rings. The smallest absolute Gasteiger partial charge is 0.199 e. The first kappa shape index (κ1) is 17.3. The van der Waals surface area contributed by atoms with Crippen molar-refractivity contribution in [2.45, 2.75) is 32.9 Å². The minimum absolute atomic E-state index is 0.152. The SMILES string of the molecule is Cn1c(-c2ccc(C(C)(C)C)cc2)nn(CN2CCOCC2)c1=S. The summed E-state index contributed by atoms with van der Waals surface area (Å²) in [5.74, 6) is 0.911. The number of morpholine rings is 1. The Balaban J connectivity index is 1.86. The van der Waals surface area contributed by atoms with E-state index in [1.807, 2.05) is 16.3 Å². The number of hydrogen-bond acceptors (Lipinski definition) is 4. The van der Waals surface area contributed by atoms with Gasteiger partial charge in [0.2, 0.25) is 0 Å². The van der Waals surface area contributed by atoms with Crippen LogP contribution in [-0.4, -0.2) is 45.6 Å². The quantitative estimate of drug-likeness (QED) is 0.800. The van der Waals surface area contributed by atoms with Gasteiger partial charge in [0.25, 0.3) is 0 Å². The van der Waals surface area contributed by atoms with E-state index < -0.39 is 0 Å². The molecule has 3 rings (SSSR count). The molecule has 0 amide bonds. The van der Waals surface area contributed by atoms with Crippen LogP contribution in [-0.2, 0) is 23.9 Å². The maximum atomic E-state index is 5.57. The summed E-state index contributed by atoms with van der Waals surface area (Å²) in [6.07, 6.45) is 0. The summed E-state index contributed by atoms with van der Waals surface area (Å²) >= 11 is 5.57. The van der Waals surface area contributed by atoms with Gasteiger partial charge in [0.15, 0.2) is 10.6 Å². The molecule has 0 N–H and O–H groups in total. The van der Waals surface area contributed by atoms with Crippen LogP contribution in [0.2, 0.25) is 0 Å². The minimum atomic E-state index is 0.152. The van der Waals surface area contributed by atoms with Crippen molar-refractivity contribution in [3.8, 4) is 11.4 Å². The summed E-state index contributed by atoms with van der Waals surface area (Å²) < 4.78 is 10.0. The number of hydrogen-bond donors (Lipinski definition) is 0. The van der Waals surface area contributed by atoms with Crippen molar-refractivity contribution in [1.29, 1.82) is 0 Å². The van der Waals surface area contributed by atoms with Crippen LogP contribution in [0.3, 0.4) is 0 Å². The number of benzene rings is 1. The highest BCUT2D eigenvalue weighted by Gasteiger charge is 2.17. The lowest BCUT2D eigenvalue weighted by atomic mass is 9.87. The van der Waals surface area contributed by atoms with Crippen LogP contribution in [0.25, 0.3) is 11.4 Å². The molecule has 24 heavy (non-hydrogen) atoms. The summed E-state index contributed by atoms with van der Waals surface area (Å²) in [7, 11) is 1.98. The average Bonchev–Trinajstić information content (AvgIpc) is 2.84. The Morgan fingerprint density at radius 2 is 1.75 bits per heavy atom. The average molecular weight is 347 g/mol. The highest BCUT2D eigenvalue weighted by atomic mass is 32.1. The maximum absolute atomic E-state index is 5.57. The predicted molar refractivity (Wildman–Crippen MR) is 98.6 cm³/mol. The van der Waals surface area contributed by atoms with Crippen LogP contribution in [0.5, 0.6) is 0 Å². The molecule has 1 fully saturated rings. The van der Waals surface area contributed by atoms with E-state index in [9.17, 15) is 0 Å². The van der Waals surface area contributed by atoms with Gasteiger partial charge in [-0.25, -0.2) is 4.68 Å². The van der Waals surface area contributed by atoms with E-state index in [2.05, 4.69) is 49.9 Å². The third kappa shape index (κ3) is 3.61. The summed E-state index contributed by atoms with van der Waals surface area (Å²) in [5.41, 5.74) is 2.57. The Hall–Kier alpha value is -1.50. The first-order valence-electron chi connectivity index (χ1n) is 8.41. The molecule has 0 unspecified atom stereocenters. The second kappa shape index (κ2) is 6.78. The van der Waals surface area contributed by atoms with Crippen LogP contribution >= 0.6 is 12.2 Å². The molecular weight excluding hydrogens is 320 g/mol. The van der Waals surface area contributed by atoms with Crippen molar-refractivity contribution in [2.75, 3.05) is 26.3 Å². The van der Waals surface area contributed by atoms with E-state index in [4.69, 9.17) is 22.1 Å². The summed E-state index contributed by atoms with van der Waals surface area (Å²) in [5, 5.41) is 4.76. The Kier molecular flexibility index (Phi) is 4.90. The van der Waals surface area contributed by atoms with Crippen molar-refractivity contribution in [3.63, 3.8) is 0 Å². The molecule has 0 radical (unpaired) electrons. The molecule has 6 heteroatoms. The molecular formula is C18H26N4OS. The molecule has 0 atom stereocenters. The lowest BCUT2D eigenvalue weighted by molar-refractivity contribution is 0.0210. The van der Waals surface area contributed by atoms with E-state index in [0.717, 1.165) is 49.1 Å². The Labute approximate surface area is 148 Å². The fourth-order valence-electron chi connectivity index (χ4n) is 2.88.